The lowest BCUT2D eigenvalue weighted by Crippen LogP contribution is -2.27. The number of nitrogens with one attached hydrogen (secondary N) is 6. The molecule has 12 N–H and O–H groups in total. The number of hydrogen-bond acceptors (Lipinski definition) is 18. The van der Waals surface area contributed by atoms with E-state index in [1.165, 1.54) is 0 Å². The van der Waals surface area contributed by atoms with Crippen molar-refractivity contribution in [1.82, 2.24) is 32.9 Å². The predicted octanol–water partition coefficient (Wildman–Crippen LogP) is 10.6. The molecule has 0 saturated heterocycles. The molecule has 1 aliphatic carbocycles. The van der Waals surface area contributed by atoms with Gasteiger partial charge in [0.1, 0.15) is 34.5 Å². The average Bonchev–Trinajstić information content (AvgIpc) is 0.770. The molecule has 0 aromatic heterocycles. The van der Waals surface area contributed by atoms with Crippen molar-refractivity contribution >= 4 is 35.4 Å². The Kier molecular flexibility index (Phi) is 25.4. The molecule has 24 heteroatoms. The molecular weight excluding hydrogens is 1310 g/mol. The number of hydroxylamine groups is 6. The summed E-state index contributed by atoms with van der Waals surface area (Å²) in [5, 5.41) is 60.1. The van der Waals surface area contributed by atoms with Crippen LogP contribution in [-0.4, -0.2) is 106 Å². The zero-order valence-electron chi connectivity index (χ0n) is 62.0. The van der Waals surface area contributed by atoms with Crippen LogP contribution in [0.2, 0.25) is 0 Å². The fourth-order valence-electron chi connectivity index (χ4n) is 12.1. The van der Waals surface area contributed by atoms with E-state index in [0.717, 1.165) is 33.4 Å². The SMILES string of the molecule is CC(C)(C)c1cc2c(OCC(=O)NO)c(c1)Cc1cc(C(C)(C)C)cc(c1OCC(=O)NO)Cc1cc(C(C)(C)C)cc(c1OCC(=O)NO)Cc1cc(C(C)(C)C)cc(c1OCC(=O)NO)Cc1cc(C(C)(C)C)cc(c1OCC(=O)NO)Cc1cc(C(C)(C)C)cc(c1OCC(=O)NO)C2. The highest BCUT2D eigenvalue weighted by atomic mass is 16.5. The Bertz CT molecular complexity index is 3300. The van der Waals surface area contributed by atoms with Crippen LogP contribution in [0.4, 0.5) is 0 Å². The van der Waals surface area contributed by atoms with Crippen molar-refractivity contribution in [3.05, 3.63) is 173 Å². The van der Waals surface area contributed by atoms with Gasteiger partial charge in [0.25, 0.3) is 35.4 Å². The highest BCUT2D eigenvalue weighted by molar-refractivity contribution is 5.79. The predicted molar refractivity (Wildman–Crippen MR) is 380 cm³/mol. The third-order valence-corrected chi connectivity index (χ3v) is 17.8. The van der Waals surface area contributed by atoms with Crippen LogP contribution in [-0.2, 0) is 99.8 Å². The molecule has 0 saturated carbocycles. The fourth-order valence-corrected chi connectivity index (χ4v) is 12.1. The number of fused-ring (bicyclic) bond motifs is 12. The average molecular weight is 1410 g/mol. The van der Waals surface area contributed by atoms with Crippen LogP contribution >= 0.6 is 0 Å². The van der Waals surface area contributed by atoms with Gasteiger partial charge in [-0.2, -0.15) is 0 Å². The topological polar surface area (TPSA) is 351 Å². The second kappa shape index (κ2) is 32.4. The summed E-state index contributed by atoms with van der Waals surface area (Å²) in [6.45, 7) is 32.6. The van der Waals surface area contributed by atoms with Gasteiger partial charge in [0.15, 0.2) is 39.6 Å². The Morgan fingerprint density at radius 3 is 0.412 bits per heavy atom. The molecule has 0 spiro atoms. The molecule has 6 amide bonds. The lowest BCUT2D eigenvalue weighted by molar-refractivity contribution is -0.131. The third kappa shape index (κ3) is 20.5. The molecule has 6 aromatic rings. The number of amides is 6. The highest BCUT2D eigenvalue weighted by Crippen LogP contribution is 2.47. The second-order valence-electron chi connectivity index (χ2n) is 32.2. The monoisotopic (exact) mass is 1410 g/mol. The summed E-state index contributed by atoms with van der Waals surface area (Å²) >= 11 is 0. The van der Waals surface area contributed by atoms with Gasteiger partial charge in [-0.05, 0) is 133 Å². The van der Waals surface area contributed by atoms with Crippen LogP contribution in [0.3, 0.4) is 0 Å². The molecule has 102 heavy (non-hydrogen) atoms. The standard InChI is InChI=1S/C78H102N6O18/c1-73(2,3)55-25-43-19-45-27-56(74(4,5)6)29-47(68(45)98-38-62(86)80-92)21-49-31-58(76(10,11)12)33-51(70(49)100-40-64(88)82-94)23-53-35-60(78(16,17)18)36-54(72(53)102-42-66(90)84-96)24-52-34-59(77(13,14)15)32-50(71(52)101-41-65(89)83-95)22-48-30-57(75(7,8)9)28-46(69(48)99-39-63(87)81-93)20-44(26-55)67(43)97-37-61(85)79-91/h25-36,91-96H,19-24,37-42H2,1-18H3,(H,79,85)(H,80,86)(H,81,87)(H,82,88)(H,83,89)(H,84,90). The minimum atomic E-state index is -0.879. The van der Waals surface area contributed by atoms with Crippen molar-refractivity contribution in [2.45, 2.75) is 196 Å². The number of carbonyl (C=O) groups is 6. The van der Waals surface area contributed by atoms with Crippen LogP contribution in [0.5, 0.6) is 34.5 Å². The van der Waals surface area contributed by atoms with Gasteiger partial charge < -0.3 is 28.4 Å². The summed E-state index contributed by atoms with van der Waals surface area (Å²) < 4.78 is 39.9. The van der Waals surface area contributed by atoms with E-state index in [2.05, 4.69) is 0 Å². The van der Waals surface area contributed by atoms with Gasteiger partial charge in [-0.15, -0.1) is 0 Å². The molecule has 1 aliphatic rings. The molecule has 6 aromatic carbocycles. The number of carbonyl (C=O) groups excluding carboxylic acids is 6. The van der Waals surface area contributed by atoms with Gasteiger partial charge in [-0.3, -0.25) is 60.0 Å². The largest absolute Gasteiger partial charge is 0.483 e. The van der Waals surface area contributed by atoms with E-state index in [-0.39, 0.29) is 73.0 Å². The lowest BCUT2D eigenvalue weighted by atomic mass is 9.79. The number of ether oxygens (including phenoxy) is 6. The summed E-state index contributed by atoms with van der Waals surface area (Å²) in [6.07, 6.45) is -0.121. The van der Waals surface area contributed by atoms with E-state index < -0.39 is 108 Å². The number of rotatable bonds is 18. The van der Waals surface area contributed by atoms with Crippen molar-refractivity contribution in [3.63, 3.8) is 0 Å². The maximum atomic E-state index is 13.3. The first-order valence-corrected chi connectivity index (χ1v) is 33.8. The van der Waals surface area contributed by atoms with Crippen molar-refractivity contribution in [2.75, 3.05) is 39.6 Å². The zero-order valence-corrected chi connectivity index (χ0v) is 62.0. The van der Waals surface area contributed by atoms with Gasteiger partial charge in [0.05, 0.1) is 0 Å². The summed E-state index contributed by atoms with van der Waals surface area (Å²) in [7, 11) is 0. The first-order chi connectivity index (χ1) is 47.5. The highest BCUT2D eigenvalue weighted by Gasteiger charge is 2.33. The molecule has 24 nitrogen and oxygen atoms in total. The van der Waals surface area contributed by atoms with E-state index in [1.807, 2.05) is 197 Å². The molecule has 0 aliphatic heterocycles. The Labute approximate surface area is 596 Å². The van der Waals surface area contributed by atoms with E-state index in [4.69, 9.17) is 28.4 Å². The van der Waals surface area contributed by atoms with Crippen molar-refractivity contribution in [2.24, 2.45) is 0 Å². The number of benzene rings is 6. The molecule has 7 rings (SSSR count). The molecule has 552 valence electrons. The quantitative estimate of drug-likeness (QED) is 0.0280. The second-order valence-corrected chi connectivity index (χ2v) is 32.2. The van der Waals surface area contributed by atoms with E-state index in [1.54, 1.807) is 32.9 Å². The first-order valence-electron chi connectivity index (χ1n) is 33.8. The Hall–Kier alpha value is -9.30. The van der Waals surface area contributed by atoms with Gasteiger partial charge in [0, 0.05) is 38.5 Å². The van der Waals surface area contributed by atoms with Crippen LogP contribution < -0.4 is 61.3 Å². The van der Waals surface area contributed by atoms with Crippen LogP contribution in [0.25, 0.3) is 0 Å². The van der Waals surface area contributed by atoms with E-state index >= 15 is 0 Å². The Morgan fingerprint density at radius 1 is 0.235 bits per heavy atom. The Balaban J connectivity index is 1.80. The Morgan fingerprint density at radius 2 is 0.333 bits per heavy atom. The summed E-state index contributed by atoms with van der Waals surface area (Å²) in [6, 6.07) is 23.5. The van der Waals surface area contributed by atoms with Crippen LogP contribution in [0.15, 0.2) is 72.8 Å². The lowest BCUT2D eigenvalue weighted by Gasteiger charge is -2.29. The molecule has 12 bridgehead atoms. The van der Waals surface area contributed by atoms with Crippen molar-refractivity contribution in [3.8, 4) is 34.5 Å². The molecular formula is C78H102N6O18. The van der Waals surface area contributed by atoms with Crippen molar-refractivity contribution in [1.29, 1.82) is 0 Å². The van der Waals surface area contributed by atoms with Crippen LogP contribution in [0, 0.1) is 0 Å². The van der Waals surface area contributed by atoms with Crippen molar-refractivity contribution < 1.29 is 88.4 Å². The smallest absolute Gasteiger partial charge is 0.281 e. The maximum Gasteiger partial charge on any atom is 0.281 e. The molecule has 0 fully saturated rings. The van der Waals surface area contributed by atoms with Gasteiger partial charge in [-0.1, -0.05) is 197 Å². The van der Waals surface area contributed by atoms with Gasteiger partial charge in [0.2, 0.25) is 0 Å². The number of hydrogen-bond donors (Lipinski definition) is 12. The minimum Gasteiger partial charge on any atom is -0.483 e. The normalized spacial score (nSPS) is 12.9. The summed E-state index contributed by atoms with van der Waals surface area (Å²) in [5.74, 6) is -4.00. The fraction of sp³-hybridized carbons (Fsp3) is 0.462. The minimum absolute atomic E-state index is 0.0202. The van der Waals surface area contributed by atoms with Gasteiger partial charge >= 0.3 is 0 Å². The van der Waals surface area contributed by atoms with Crippen LogP contribution in [0.1, 0.15) is 225 Å². The first kappa shape index (κ1) is 80.0. The van der Waals surface area contributed by atoms with E-state index in [0.29, 0.717) is 66.8 Å². The molecule has 0 atom stereocenters. The zero-order chi connectivity index (χ0) is 75.8. The molecule has 0 unspecified atom stereocenters. The summed E-state index contributed by atoms with van der Waals surface area (Å²) in [4.78, 5) is 80.0. The molecule has 0 heterocycles. The molecule has 0 radical (unpaired) electrons. The summed E-state index contributed by atoms with van der Waals surface area (Å²) in [5.41, 5.74) is 17.6. The maximum absolute atomic E-state index is 13.3. The van der Waals surface area contributed by atoms with Gasteiger partial charge in [-0.25, -0.2) is 32.9 Å². The van der Waals surface area contributed by atoms with E-state index in [9.17, 15) is 60.0 Å². The third-order valence-electron chi connectivity index (χ3n) is 17.8.